The molecular formula is C19H21ClN4O3. The van der Waals surface area contributed by atoms with Crippen LogP contribution in [-0.4, -0.2) is 59.3 Å². The summed E-state index contributed by atoms with van der Waals surface area (Å²) in [5.74, 6) is -0.436. The first-order valence-corrected chi connectivity index (χ1v) is 9.08. The van der Waals surface area contributed by atoms with Gasteiger partial charge in [0.2, 0.25) is 5.91 Å². The third-order valence-electron chi connectivity index (χ3n) is 4.46. The molecule has 3 rings (SSSR count). The van der Waals surface area contributed by atoms with Crippen LogP contribution >= 0.6 is 11.6 Å². The Bertz CT molecular complexity index is 904. The molecule has 2 heterocycles. The van der Waals surface area contributed by atoms with Gasteiger partial charge in [0.15, 0.2) is 0 Å². The van der Waals surface area contributed by atoms with Gasteiger partial charge in [0.05, 0.1) is 17.3 Å². The molecule has 27 heavy (non-hydrogen) atoms. The molecule has 7 nitrogen and oxygen atoms in total. The first-order valence-electron chi connectivity index (χ1n) is 8.70. The number of aromatic amines is 1. The molecule has 0 spiro atoms. The largest absolute Gasteiger partial charge is 0.336 e. The van der Waals surface area contributed by atoms with E-state index in [0.717, 1.165) is 0 Å². The zero-order valence-corrected chi connectivity index (χ0v) is 15.8. The van der Waals surface area contributed by atoms with E-state index in [2.05, 4.69) is 10.3 Å². The van der Waals surface area contributed by atoms with Crippen molar-refractivity contribution in [3.8, 4) is 0 Å². The van der Waals surface area contributed by atoms with Gasteiger partial charge in [-0.1, -0.05) is 23.7 Å². The Balaban J connectivity index is 1.53. The molecule has 2 aromatic rings. The van der Waals surface area contributed by atoms with E-state index in [-0.39, 0.29) is 29.5 Å². The van der Waals surface area contributed by atoms with Crippen molar-refractivity contribution in [1.82, 2.24) is 14.8 Å². The second-order valence-corrected chi connectivity index (χ2v) is 6.89. The van der Waals surface area contributed by atoms with Crippen LogP contribution in [0.5, 0.6) is 0 Å². The molecule has 2 N–H and O–H groups in total. The third-order valence-corrected chi connectivity index (χ3v) is 4.79. The van der Waals surface area contributed by atoms with Crippen LogP contribution in [0.15, 0.2) is 41.2 Å². The quantitative estimate of drug-likeness (QED) is 0.835. The van der Waals surface area contributed by atoms with E-state index in [1.54, 1.807) is 48.2 Å². The molecule has 1 aliphatic heterocycles. The van der Waals surface area contributed by atoms with Gasteiger partial charge in [0.1, 0.15) is 5.56 Å². The summed E-state index contributed by atoms with van der Waals surface area (Å²) in [5.41, 5.74) is 1.06. The zero-order chi connectivity index (χ0) is 19.4. The number of benzene rings is 1. The number of anilines is 1. The predicted octanol–water partition coefficient (Wildman–Crippen LogP) is 1.73. The minimum Gasteiger partial charge on any atom is -0.336 e. The normalized spacial score (nSPS) is 14.8. The Morgan fingerprint density at radius 2 is 1.81 bits per heavy atom. The Morgan fingerprint density at radius 1 is 1.11 bits per heavy atom. The van der Waals surface area contributed by atoms with Crippen molar-refractivity contribution in [3.63, 3.8) is 0 Å². The van der Waals surface area contributed by atoms with Crippen molar-refractivity contribution in [3.05, 3.63) is 63.0 Å². The summed E-state index contributed by atoms with van der Waals surface area (Å²) in [6.07, 6.45) is 0. The molecule has 0 atom stereocenters. The highest BCUT2D eigenvalue weighted by Gasteiger charge is 2.24. The highest BCUT2D eigenvalue weighted by Crippen LogP contribution is 2.20. The number of nitrogens with one attached hydrogen (secondary N) is 2. The molecule has 1 aromatic carbocycles. The van der Waals surface area contributed by atoms with Crippen molar-refractivity contribution in [2.75, 3.05) is 38.0 Å². The Morgan fingerprint density at radius 3 is 2.48 bits per heavy atom. The maximum atomic E-state index is 12.5. The van der Waals surface area contributed by atoms with Crippen LogP contribution < -0.4 is 10.9 Å². The number of rotatable bonds is 4. The van der Waals surface area contributed by atoms with E-state index < -0.39 is 0 Å². The van der Waals surface area contributed by atoms with Gasteiger partial charge in [-0.15, -0.1) is 0 Å². The molecule has 2 amide bonds. The number of hydrogen-bond acceptors (Lipinski definition) is 4. The van der Waals surface area contributed by atoms with Gasteiger partial charge >= 0.3 is 0 Å². The number of hydrogen-bond donors (Lipinski definition) is 2. The van der Waals surface area contributed by atoms with E-state index in [9.17, 15) is 14.4 Å². The molecule has 142 valence electrons. The third kappa shape index (κ3) is 4.75. The molecule has 0 unspecified atom stereocenters. The summed E-state index contributed by atoms with van der Waals surface area (Å²) >= 11 is 6.05. The van der Waals surface area contributed by atoms with Crippen molar-refractivity contribution >= 4 is 29.1 Å². The summed E-state index contributed by atoms with van der Waals surface area (Å²) in [7, 11) is 0. The number of halogens is 1. The van der Waals surface area contributed by atoms with E-state index in [1.165, 1.54) is 0 Å². The lowest BCUT2D eigenvalue weighted by Gasteiger charge is -2.34. The van der Waals surface area contributed by atoms with Crippen LogP contribution in [0.1, 0.15) is 16.1 Å². The van der Waals surface area contributed by atoms with Crippen molar-refractivity contribution in [1.29, 1.82) is 0 Å². The number of aromatic nitrogens is 1. The monoisotopic (exact) mass is 388 g/mol. The SMILES string of the molecule is Cc1ccc(C(=O)N2CCN(CC(=O)Nc3ccccc3Cl)CC2)c(=O)[nH]1. The minimum atomic E-state index is -0.374. The second-order valence-electron chi connectivity index (χ2n) is 6.48. The number of pyridine rings is 1. The smallest absolute Gasteiger partial charge is 0.260 e. The van der Waals surface area contributed by atoms with Gasteiger partial charge < -0.3 is 15.2 Å². The molecule has 8 heteroatoms. The molecule has 1 saturated heterocycles. The van der Waals surface area contributed by atoms with Gasteiger partial charge in [-0.05, 0) is 31.2 Å². The molecule has 1 aromatic heterocycles. The average molecular weight is 389 g/mol. The van der Waals surface area contributed by atoms with Gasteiger partial charge in [-0.2, -0.15) is 0 Å². The molecule has 1 aliphatic rings. The second kappa shape index (κ2) is 8.37. The zero-order valence-electron chi connectivity index (χ0n) is 15.0. The van der Waals surface area contributed by atoms with Crippen LogP contribution in [0, 0.1) is 6.92 Å². The van der Waals surface area contributed by atoms with E-state index in [4.69, 9.17) is 11.6 Å². The summed E-state index contributed by atoms with van der Waals surface area (Å²) in [5, 5.41) is 3.28. The number of nitrogens with zero attached hydrogens (tertiary/aromatic N) is 2. The van der Waals surface area contributed by atoms with E-state index in [0.29, 0.717) is 42.6 Å². The molecule has 1 fully saturated rings. The van der Waals surface area contributed by atoms with E-state index >= 15 is 0 Å². The molecule has 0 bridgehead atoms. The number of carbonyl (C=O) groups excluding carboxylic acids is 2. The summed E-state index contributed by atoms with van der Waals surface area (Å²) in [6.45, 7) is 4.04. The number of para-hydroxylation sites is 1. The lowest BCUT2D eigenvalue weighted by atomic mass is 10.2. The Labute approximate surface area is 161 Å². The topological polar surface area (TPSA) is 85.5 Å². The van der Waals surface area contributed by atoms with Gasteiger partial charge in [0, 0.05) is 31.9 Å². The maximum absolute atomic E-state index is 12.5. The van der Waals surface area contributed by atoms with Crippen molar-refractivity contribution < 1.29 is 9.59 Å². The number of amides is 2. The maximum Gasteiger partial charge on any atom is 0.260 e. The summed E-state index contributed by atoms with van der Waals surface area (Å²) in [4.78, 5) is 43.0. The van der Waals surface area contributed by atoms with Crippen LogP contribution in [0.2, 0.25) is 5.02 Å². The van der Waals surface area contributed by atoms with Crippen LogP contribution in [0.3, 0.4) is 0 Å². The van der Waals surface area contributed by atoms with Crippen LogP contribution in [-0.2, 0) is 4.79 Å². The predicted molar refractivity (Wildman–Crippen MR) is 104 cm³/mol. The standard InChI is InChI=1S/C19H21ClN4O3/c1-13-6-7-14(18(26)21-13)19(27)24-10-8-23(9-11-24)12-17(25)22-16-5-3-2-4-15(16)20/h2-7H,8-12H2,1H3,(H,21,26)(H,22,25). The highest BCUT2D eigenvalue weighted by molar-refractivity contribution is 6.33. The first kappa shape index (κ1) is 19.1. The van der Waals surface area contributed by atoms with Gasteiger partial charge in [-0.25, -0.2) is 0 Å². The molecule has 0 aliphatic carbocycles. The molecule has 0 radical (unpaired) electrons. The number of aryl methyl sites for hydroxylation is 1. The fourth-order valence-electron chi connectivity index (χ4n) is 2.98. The fraction of sp³-hybridized carbons (Fsp3) is 0.316. The summed E-state index contributed by atoms with van der Waals surface area (Å²) < 4.78 is 0. The van der Waals surface area contributed by atoms with Crippen molar-refractivity contribution in [2.24, 2.45) is 0 Å². The fourth-order valence-corrected chi connectivity index (χ4v) is 3.16. The van der Waals surface area contributed by atoms with Gasteiger partial charge in [0.25, 0.3) is 11.5 Å². The number of H-pyrrole nitrogens is 1. The van der Waals surface area contributed by atoms with Crippen molar-refractivity contribution in [2.45, 2.75) is 6.92 Å². The number of piperazine rings is 1. The van der Waals surface area contributed by atoms with E-state index in [1.807, 2.05) is 4.90 Å². The summed E-state index contributed by atoms with van der Waals surface area (Å²) in [6, 6.07) is 10.3. The van der Waals surface area contributed by atoms with Crippen LogP contribution in [0.25, 0.3) is 0 Å². The Hall–Kier alpha value is -2.64. The Kier molecular flexibility index (Phi) is 5.93. The van der Waals surface area contributed by atoms with Gasteiger partial charge in [-0.3, -0.25) is 19.3 Å². The average Bonchev–Trinajstić information content (AvgIpc) is 2.64. The highest BCUT2D eigenvalue weighted by atomic mass is 35.5. The lowest BCUT2D eigenvalue weighted by molar-refractivity contribution is -0.117. The molecule has 0 saturated carbocycles. The first-order chi connectivity index (χ1) is 12.9. The van der Waals surface area contributed by atoms with Crippen LogP contribution in [0.4, 0.5) is 5.69 Å². The lowest BCUT2D eigenvalue weighted by Crippen LogP contribution is -2.51. The number of carbonyl (C=O) groups is 2. The molecular weight excluding hydrogens is 368 g/mol. The minimum absolute atomic E-state index is 0.144.